The van der Waals surface area contributed by atoms with Crippen LogP contribution in [-0.4, -0.2) is 28.0 Å². The van der Waals surface area contributed by atoms with Gasteiger partial charge in [0, 0.05) is 24.2 Å². The highest BCUT2D eigenvalue weighted by atomic mass is 16.5. The summed E-state index contributed by atoms with van der Waals surface area (Å²) in [6, 6.07) is 7.90. The molecule has 0 spiro atoms. The molecule has 0 aliphatic carbocycles. The Hall–Kier alpha value is -2.93. The number of nitrogens with zero attached hydrogens (tertiary/aromatic N) is 2. The Morgan fingerprint density at radius 1 is 1.36 bits per heavy atom. The SMILES string of the molecule is C=C1NC(=O)C=CN1C/C(N)=C/N(N)Cc1ccc(OC(C)(C)CCC)cc1. The Morgan fingerprint density at radius 3 is 2.64 bits per heavy atom. The predicted molar refractivity (Wildman–Crippen MR) is 111 cm³/mol. The predicted octanol–water partition coefficient (Wildman–Crippen LogP) is 2.54. The lowest BCUT2D eigenvalue weighted by atomic mass is 10.0. The normalized spacial score (nSPS) is 14.9. The first-order chi connectivity index (χ1) is 13.2. The molecular formula is C21H31N5O2. The van der Waals surface area contributed by atoms with E-state index in [-0.39, 0.29) is 11.5 Å². The van der Waals surface area contributed by atoms with Crippen LogP contribution in [0.5, 0.6) is 5.75 Å². The zero-order chi connectivity index (χ0) is 20.7. The Kier molecular flexibility index (Phi) is 7.12. The van der Waals surface area contributed by atoms with Crippen molar-refractivity contribution in [3.8, 4) is 5.75 Å². The second-order valence-corrected chi connectivity index (χ2v) is 7.51. The van der Waals surface area contributed by atoms with Gasteiger partial charge in [0.15, 0.2) is 0 Å². The molecule has 0 saturated heterocycles. The molecule has 7 nitrogen and oxygen atoms in total. The van der Waals surface area contributed by atoms with Crippen LogP contribution >= 0.6 is 0 Å². The van der Waals surface area contributed by atoms with E-state index in [1.165, 1.54) is 11.1 Å². The number of carbonyl (C=O) groups excluding carboxylic acids is 1. The van der Waals surface area contributed by atoms with E-state index in [9.17, 15) is 4.79 Å². The molecule has 1 aliphatic rings. The maximum absolute atomic E-state index is 11.3. The van der Waals surface area contributed by atoms with Gasteiger partial charge in [-0.1, -0.05) is 32.1 Å². The zero-order valence-electron chi connectivity index (χ0n) is 16.9. The van der Waals surface area contributed by atoms with Gasteiger partial charge in [-0.15, -0.1) is 0 Å². The quantitative estimate of drug-likeness (QED) is 0.446. The molecule has 1 amide bonds. The van der Waals surface area contributed by atoms with Gasteiger partial charge >= 0.3 is 0 Å². The first-order valence-corrected chi connectivity index (χ1v) is 9.39. The largest absolute Gasteiger partial charge is 0.488 e. The summed E-state index contributed by atoms with van der Waals surface area (Å²) in [5.41, 5.74) is 7.48. The van der Waals surface area contributed by atoms with Gasteiger partial charge in [-0.25, -0.2) is 5.84 Å². The van der Waals surface area contributed by atoms with Crippen LogP contribution in [0.15, 0.2) is 60.8 Å². The lowest BCUT2D eigenvalue weighted by molar-refractivity contribution is -0.116. The fraction of sp³-hybridized carbons (Fsp3) is 0.381. The summed E-state index contributed by atoms with van der Waals surface area (Å²) < 4.78 is 6.04. The second kappa shape index (κ2) is 9.32. The van der Waals surface area contributed by atoms with Gasteiger partial charge < -0.3 is 25.7 Å². The van der Waals surface area contributed by atoms with E-state index >= 15 is 0 Å². The maximum atomic E-state index is 11.3. The van der Waals surface area contributed by atoms with Gasteiger partial charge in [0.2, 0.25) is 0 Å². The highest BCUT2D eigenvalue weighted by molar-refractivity contribution is 5.89. The van der Waals surface area contributed by atoms with Crippen LogP contribution in [0.25, 0.3) is 0 Å². The van der Waals surface area contributed by atoms with E-state index in [2.05, 4.69) is 32.7 Å². The van der Waals surface area contributed by atoms with E-state index in [4.69, 9.17) is 16.3 Å². The number of nitrogens with one attached hydrogen (secondary N) is 1. The van der Waals surface area contributed by atoms with Gasteiger partial charge in [-0.3, -0.25) is 4.79 Å². The molecule has 0 atom stereocenters. The van der Waals surface area contributed by atoms with Crippen LogP contribution in [0, 0.1) is 0 Å². The third-order valence-electron chi connectivity index (χ3n) is 4.24. The summed E-state index contributed by atoms with van der Waals surface area (Å²) in [6.45, 7) is 11.0. The van der Waals surface area contributed by atoms with Gasteiger partial charge in [-0.05, 0) is 38.0 Å². The summed E-state index contributed by atoms with van der Waals surface area (Å²) in [5.74, 6) is 7.19. The Balaban J connectivity index is 1.90. The number of amides is 1. The third kappa shape index (κ3) is 6.66. The van der Waals surface area contributed by atoms with Crippen LogP contribution < -0.4 is 21.6 Å². The van der Waals surface area contributed by atoms with Gasteiger partial charge in [0.05, 0.1) is 13.1 Å². The van der Waals surface area contributed by atoms with Crippen molar-refractivity contribution >= 4 is 5.91 Å². The van der Waals surface area contributed by atoms with E-state index in [1.807, 2.05) is 24.3 Å². The molecule has 1 aromatic carbocycles. The molecule has 1 heterocycles. The van der Waals surface area contributed by atoms with Crippen molar-refractivity contribution in [3.05, 3.63) is 66.4 Å². The molecule has 0 unspecified atom stereocenters. The van der Waals surface area contributed by atoms with Crippen LogP contribution in [0.4, 0.5) is 0 Å². The number of hydrogen-bond acceptors (Lipinski definition) is 6. The van der Waals surface area contributed by atoms with Crippen LogP contribution in [0.1, 0.15) is 39.2 Å². The molecule has 0 saturated carbocycles. The van der Waals surface area contributed by atoms with Crippen molar-refractivity contribution in [1.29, 1.82) is 0 Å². The van der Waals surface area contributed by atoms with E-state index < -0.39 is 0 Å². The Bertz CT molecular complexity index is 753. The van der Waals surface area contributed by atoms with Crippen LogP contribution in [0.2, 0.25) is 0 Å². The molecule has 0 radical (unpaired) electrons. The number of benzene rings is 1. The number of carbonyl (C=O) groups is 1. The fourth-order valence-electron chi connectivity index (χ4n) is 2.99. The standard InChI is InChI=1S/C21H31N5O2/c1-5-11-21(3,4)28-19-8-6-17(7-9-19)13-26(23)15-18(22)14-25-12-10-20(27)24-16(25)2/h6-10,12,15H,2,5,11,13-14,22-23H2,1,3-4H3,(H,24,27)/b18-15-. The molecular weight excluding hydrogens is 354 g/mol. The summed E-state index contributed by atoms with van der Waals surface area (Å²) in [5, 5.41) is 4.15. The average Bonchev–Trinajstić information content (AvgIpc) is 2.58. The third-order valence-corrected chi connectivity index (χ3v) is 4.24. The zero-order valence-corrected chi connectivity index (χ0v) is 16.9. The highest BCUT2D eigenvalue weighted by Crippen LogP contribution is 2.22. The van der Waals surface area contributed by atoms with Crippen molar-refractivity contribution in [3.63, 3.8) is 0 Å². The van der Waals surface area contributed by atoms with Crippen molar-refractivity contribution in [1.82, 2.24) is 15.2 Å². The molecule has 7 heteroatoms. The molecule has 5 N–H and O–H groups in total. The van der Waals surface area contributed by atoms with Gasteiger partial charge in [-0.2, -0.15) is 0 Å². The molecule has 2 rings (SSSR count). The number of hydrazine groups is 1. The molecule has 28 heavy (non-hydrogen) atoms. The minimum absolute atomic E-state index is 0.181. The van der Waals surface area contributed by atoms with Crippen LogP contribution in [-0.2, 0) is 11.3 Å². The van der Waals surface area contributed by atoms with Crippen molar-refractivity contribution < 1.29 is 9.53 Å². The summed E-state index contributed by atoms with van der Waals surface area (Å²) in [7, 11) is 0. The minimum atomic E-state index is -0.199. The lowest BCUT2D eigenvalue weighted by Gasteiger charge is -2.26. The smallest absolute Gasteiger partial charge is 0.250 e. The molecule has 152 valence electrons. The topological polar surface area (TPSA) is 96.9 Å². The molecule has 0 fully saturated rings. The molecule has 0 bridgehead atoms. The number of ether oxygens (including phenoxy) is 1. The Morgan fingerprint density at radius 2 is 2.04 bits per heavy atom. The Labute approximate surface area is 167 Å². The molecule has 1 aromatic rings. The second-order valence-electron chi connectivity index (χ2n) is 7.51. The highest BCUT2D eigenvalue weighted by Gasteiger charge is 2.18. The minimum Gasteiger partial charge on any atom is -0.488 e. The summed E-state index contributed by atoms with van der Waals surface area (Å²) in [4.78, 5) is 13.0. The number of rotatable bonds is 9. The first kappa shape index (κ1) is 21.4. The van der Waals surface area contributed by atoms with E-state index in [1.54, 1.807) is 17.3 Å². The van der Waals surface area contributed by atoms with Crippen LogP contribution in [0.3, 0.4) is 0 Å². The van der Waals surface area contributed by atoms with E-state index in [0.717, 1.165) is 24.2 Å². The van der Waals surface area contributed by atoms with Crippen molar-refractivity contribution in [2.24, 2.45) is 11.6 Å². The fourth-order valence-corrected chi connectivity index (χ4v) is 2.99. The monoisotopic (exact) mass is 385 g/mol. The summed E-state index contributed by atoms with van der Waals surface area (Å²) >= 11 is 0. The average molecular weight is 386 g/mol. The van der Waals surface area contributed by atoms with Gasteiger partial charge in [0.25, 0.3) is 5.91 Å². The number of hydrogen-bond donors (Lipinski definition) is 3. The van der Waals surface area contributed by atoms with Crippen molar-refractivity contribution in [2.75, 3.05) is 6.54 Å². The maximum Gasteiger partial charge on any atom is 0.250 e. The van der Waals surface area contributed by atoms with Crippen molar-refractivity contribution in [2.45, 2.75) is 45.8 Å². The molecule has 0 aromatic heterocycles. The molecule has 1 aliphatic heterocycles. The summed E-state index contributed by atoms with van der Waals surface area (Å²) in [6.07, 6.45) is 6.81. The first-order valence-electron chi connectivity index (χ1n) is 9.39. The lowest BCUT2D eigenvalue weighted by Crippen LogP contribution is -2.37. The van der Waals surface area contributed by atoms with E-state index in [0.29, 0.717) is 24.6 Å². The number of nitrogens with two attached hydrogens (primary N) is 2. The van der Waals surface area contributed by atoms with Gasteiger partial charge in [0.1, 0.15) is 17.2 Å².